The van der Waals surface area contributed by atoms with Gasteiger partial charge in [-0.15, -0.1) is 0 Å². The molecule has 2 heterocycles. The number of nitrogens with zero attached hydrogens (tertiary/aromatic N) is 4. The van der Waals surface area contributed by atoms with Crippen molar-refractivity contribution in [3.63, 3.8) is 0 Å². The van der Waals surface area contributed by atoms with Gasteiger partial charge in [-0.25, -0.2) is 9.97 Å². The lowest BCUT2D eigenvalue weighted by Crippen LogP contribution is -2.65. The molecule has 136 valence electrons. The first-order chi connectivity index (χ1) is 12.7. The maximum Gasteiger partial charge on any atom is 0.145 e. The molecule has 2 N–H and O–H groups in total. The average molecular weight is 353 g/mol. The Bertz CT molecular complexity index is 764. The first-order valence-electron chi connectivity index (χ1n) is 8.62. The summed E-state index contributed by atoms with van der Waals surface area (Å²) in [6.45, 7) is 4.27. The lowest BCUT2D eigenvalue weighted by molar-refractivity contribution is -0.117. The monoisotopic (exact) mass is 353 g/mol. The van der Waals surface area contributed by atoms with Gasteiger partial charge in [0.1, 0.15) is 23.9 Å². The minimum atomic E-state index is -0.578. The molecule has 1 aliphatic heterocycles. The summed E-state index contributed by atoms with van der Waals surface area (Å²) >= 11 is 0. The Morgan fingerprint density at radius 1 is 1.38 bits per heavy atom. The van der Waals surface area contributed by atoms with Gasteiger partial charge in [0.15, 0.2) is 0 Å². The van der Waals surface area contributed by atoms with Gasteiger partial charge in [-0.05, 0) is 12.5 Å². The third-order valence-corrected chi connectivity index (χ3v) is 4.74. The molecular formula is C19H23N5O2. The van der Waals surface area contributed by atoms with E-state index in [1.165, 1.54) is 11.9 Å². The highest BCUT2D eigenvalue weighted by molar-refractivity contribution is 5.39. The van der Waals surface area contributed by atoms with Crippen LogP contribution in [0.5, 0.6) is 0 Å². The van der Waals surface area contributed by atoms with Crippen LogP contribution in [-0.2, 0) is 11.3 Å². The fourth-order valence-corrected chi connectivity index (χ4v) is 3.28. The lowest BCUT2D eigenvalue weighted by Gasteiger charge is -2.49. The van der Waals surface area contributed by atoms with E-state index in [9.17, 15) is 5.11 Å². The van der Waals surface area contributed by atoms with Crippen LogP contribution >= 0.6 is 0 Å². The van der Waals surface area contributed by atoms with E-state index in [4.69, 9.17) is 10.00 Å². The maximum absolute atomic E-state index is 10.2. The number of hydrogen-bond donors (Lipinski definition) is 2. The van der Waals surface area contributed by atoms with Gasteiger partial charge in [-0.2, -0.15) is 5.26 Å². The Kier molecular flexibility index (Phi) is 5.78. The molecule has 0 amide bonds. The number of aromatic nitrogens is 2. The van der Waals surface area contributed by atoms with Gasteiger partial charge >= 0.3 is 0 Å². The van der Waals surface area contributed by atoms with E-state index in [0.29, 0.717) is 31.3 Å². The van der Waals surface area contributed by atoms with Crippen LogP contribution in [0.15, 0.2) is 42.7 Å². The molecule has 1 fully saturated rings. The predicted molar refractivity (Wildman–Crippen MR) is 97.3 cm³/mol. The summed E-state index contributed by atoms with van der Waals surface area (Å²) in [7, 11) is 0. The molecule has 2 atom stereocenters. The van der Waals surface area contributed by atoms with E-state index in [0.717, 1.165) is 6.54 Å². The van der Waals surface area contributed by atoms with Crippen molar-refractivity contribution in [1.29, 1.82) is 5.26 Å². The summed E-state index contributed by atoms with van der Waals surface area (Å²) in [5.74, 6) is 0.558. The molecule has 0 saturated carbocycles. The average Bonchev–Trinajstić information content (AvgIpc) is 2.69. The zero-order valence-electron chi connectivity index (χ0n) is 14.8. The van der Waals surface area contributed by atoms with E-state index in [-0.39, 0.29) is 12.6 Å². The second kappa shape index (κ2) is 8.23. The fraction of sp³-hybridized carbons (Fsp3) is 0.421. The third-order valence-electron chi connectivity index (χ3n) is 4.74. The molecular weight excluding hydrogens is 330 g/mol. The number of ether oxygens (including phenoxy) is 1. The minimum absolute atomic E-state index is 0.0482. The van der Waals surface area contributed by atoms with Crippen LogP contribution in [0.2, 0.25) is 0 Å². The summed E-state index contributed by atoms with van der Waals surface area (Å²) in [5.41, 5.74) is 0.911. The van der Waals surface area contributed by atoms with Gasteiger partial charge in [-0.3, -0.25) is 4.90 Å². The Morgan fingerprint density at radius 2 is 2.19 bits per heavy atom. The summed E-state index contributed by atoms with van der Waals surface area (Å²) in [6.07, 6.45) is 1.36. The van der Waals surface area contributed by atoms with Crippen molar-refractivity contribution in [3.05, 3.63) is 54.0 Å². The van der Waals surface area contributed by atoms with Crippen molar-refractivity contribution in [2.45, 2.75) is 25.0 Å². The molecule has 1 aromatic carbocycles. The Morgan fingerprint density at radius 3 is 2.92 bits per heavy atom. The fourth-order valence-electron chi connectivity index (χ4n) is 3.28. The smallest absolute Gasteiger partial charge is 0.145 e. The number of benzene rings is 1. The van der Waals surface area contributed by atoms with E-state index in [1.807, 2.05) is 24.3 Å². The van der Waals surface area contributed by atoms with Crippen LogP contribution in [-0.4, -0.2) is 57.9 Å². The highest BCUT2D eigenvalue weighted by atomic mass is 16.5. The first kappa shape index (κ1) is 18.3. The van der Waals surface area contributed by atoms with Crippen LogP contribution in [0.1, 0.15) is 18.2 Å². The second-order valence-electron chi connectivity index (χ2n) is 6.61. The molecule has 0 unspecified atom stereocenters. The van der Waals surface area contributed by atoms with E-state index < -0.39 is 5.54 Å². The summed E-state index contributed by atoms with van der Waals surface area (Å²) < 4.78 is 5.76. The summed E-state index contributed by atoms with van der Waals surface area (Å²) in [4.78, 5) is 10.3. The van der Waals surface area contributed by atoms with Gasteiger partial charge in [0.05, 0.1) is 25.4 Å². The van der Waals surface area contributed by atoms with Crippen LogP contribution in [0.4, 0.5) is 5.82 Å². The van der Waals surface area contributed by atoms with Crippen molar-refractivity contribution in [3.8, 4) is 6.07 Å². The number of nitrogens with one attached hydrogen (secondary N) is 1. The largest absolute Gasteiger partial charge is 0.394 e. The van der Waals surface area contributed by atoms with Crippen LogP contribution in [0.25, 0.3) is 0 Å². The number of rotatable bonds is 6. The van der Waals surface area contributed by atoms with E-state index >= 15 is 0 Å². The van der Waals surface area contributed by atoms with Gasteiger partial charge in [0, 0.05) is 25.2 Å². The highest BCUT2D eigenvalue weighted by Crippen LogP contribution is 2.27. The number of nitriles is 1. The number of morpholine rings is 1. The number of aliphatic hydroxyl groups excluding tert-OH is 1. The number of anilines is 1. The SMILES string of the molecule is C[C@@H]1COC[C@@](CO)(CNc2cc(C#N)ncn2)N1Cc1ccccc1. The molecule has 1 aromatic heterocycles. The van der Waals surface area contributed by atoms with Gasteiger partial charge in [0.25, 0.3) is 0 Å². The topological polar surface area (TPSA) is 94.3 Å². The molecule has 0 bridgehead atoms. The van der Waals surface area contributed by atoms with E-state index in [1.54, 1.807) is 6.07 Å². The zero-order chi connectivity index (χ0) is 18.4. The molecule has 1 aliphatic rings. The standard InChI is InChI=1S/C19H23N5O2/c1-15-10-26-13-19(12-25,24(15)9-16-5-3-2-4-6-16)11-21-18-7-17(8-20)22-14-23-18/h2-7,14-15,25H,9-13H2,1H3,(H,21,22,23)/t15-,19+/m1/s1. The predicted octanol–water partition coefficient (Wildman–Crippen LogP) is 1.41. The number of aliphatic hydroxyl groups is 1. The molecule has 0 spiro atoms. The summed E-state index contributed by atoms with van der Waals surface area (Å²) in [6, 6.07) is 14.0. The highest BCUT2D eigenvalue weighted by Gasteiger charge is 2.42. The quantitative estimate of drug-likeness (QED) is 0.811. The molecule has 7 nitrogen and oxygen atoms in total. The van der Waals surface area contributed by atoms with E-state index in [2.05, 4.69) is 39.2 Å². The van der Waals surface area contributed by atoms with Gasteiger partial charge in [0.2, 0.25) is 0 Å². The van der Waals surface area contributed by atoms with Crippen molar-refractivity contribution in [1.82, 2.24) is 14.9 Å². The molecule has 1 saturated heterocycles. The number of hydrogen-bond acceptors (Lipinski definition) is 7. The van der Waals surface area contributed by atoms with Crippen molar-refractivity contribution >= 4 is 5.82 Å². The lowest BCUT2D eigenvalue weighted by atomic mass is 9.94. The molecule has 0 radical (unpaired) electrons. The van der Waals surface area contributed by atoms with Crippen LogP contribution in [0.3, 0.4) is 0 Å². The maximum atomic E-state index is 10.2. The molecule has 3 rings (SSSR count). The third kappa shape index (κ3) is 3.99. The van der Waals surface area contributed by atoms with Crippen molar-refractivity contribution < 1.29 is 9.84 Å². The first-order valence-corrected chi connectivity index (χ1v) is 8.62. The normalized spacial score (nSPS) is 23.3. The van der Waals surface area contributed by atoms with Gasteiger partial charge < -0.3 is 15.2 Å². The molecule has 2 aromatic rings. The van der Waals surface area contributed by atoms with Crippen molar-refractivity contribution in [2.75, 3.05) is 31.7 Å². The van der Waals surface area contributed by atoms with Crippen LogP contribution < -0.4 is 5.32 Å². The summed E-state index contributed by atoms with van der Waals surface area (Å²) in [5, 5.41) is 22.5. The minimum Gasteiger partial charge on any atom is -0.394 e. The molecule has 7 heteroatoms. The Labute approximate surface area is 153 Å². The molecule has 26 heavy (non-hydrogen) atoms. The molecule has 0 aliphatic carbocycles. The zero-order valence-corrected chi connectivity index (χ0v) is 14.8. The van der Waals surface area contributed by atoms with Crippen molar-refractivity contribution in [2.24, 2.45) is 0 Å². The van der Waals surface area contributed by atoms with Crippen LogP contribution in [0, 0.1) is 11.3 Å². The Hall–Kier alpha value is -2.53. The second-order valence-corrected chi connectivity index (χ2v) is 6.61. The Balaban J connectivity index is 1.79. The van der Waals surface area contributed by atoms with Gasteiger partial charge in [-0.1, -0.05) is 30.3 Å².